The minimum absolute atomic E-state index is 0.0350. The first-order valence-electron chi connectivity index (χ1n) is 7.91. The molecule has 5 nitrogen and oxygen atoms in total. The molecule has 2 aromatic rings. The van der Waals surface area contributed by atoms with E-state index in [4.69, 9.17) is 0 Å². The van der Waals surface area contributed by atoms with Crippen LogP contribution in [0.5, 0.6) is 0 Å². The van der Waals surface area contributed by atoms with Crippen LogP contribution in [-0.2, 0) is 10.0 Å². The number of carbonyl (C=O) groups is 1. The number of benzene rings is 2. The zero-order valence-electron chi connectivity index (χ0n) is 15.2. The molecule has 0 aliphatic heterocycles. The van der Waals surface area contributed by atoms with Crippen molar-refractivity contribution in [2.45, 2.75) is 17.9 Å². The van der Waals surface area contributed by atoms with Crippen LogP contribution in [0, 0.1) is 11.6 Å². The normalized spacial score (nSPS) is 12.9. The summed E-state index contributed by atoms with van der Waals surface area (Å²) >= 11 is 3.19. The topological polar surface area (TPSA) is 57.7 Å². The number of nitrogens with zero attached hydrogens (tertiary/aromatic N) is 2. The van der Waals surface area contributed by atoms with E-state index in [9.17, 15) is 22.0 Å². The molecule has 0 heterocycles. The molecule has 2 aromatic carbocycles. The molecule has 0 saturated carbocycles. The van der Waals surface area contributed by atoms with Crippen LogP contribution in [0.4, 0.5) is 8.78 Å². The third kappa shape index (κ3) is 4.36. The first kappa shape index (κ1) is 21.5. The van der Waals surface area contributed by atoms with Crippen molar-refractivity contribution in [1.82, 2.24) is 9.21 Å². The van der Waals surface area contributed by atoms with Gasteiger partial charge in [-0.15, -0.1) is 0 Å². The highest BCUT2D eigenvalue weighted by atomic mass is 79.9. The summed E-state index contributed by atoms with van der Waals surface area (Å²) in [6.07, 6.45) is 0. The average Bonchev–Trinajstić information content (AvgIpc) is 2.62. The summed E-state index contributed by atoms with van der Waals surface area (Å²) in [5.41, 5.74) is 0.582. The Labute approximate surface area is 165 Å². The maximum Gasteiger partial charge on any atom is 0.254 e. The Bertz CT molecular complexity index is 981. The predicted octanol–water partition coefficient (Wildman–Crippen LogP) is 3.81. The molecule has 0 radical (unpaired) electrons. The van der Waals surface area contributed by atoms with Crippen LogP contribution >= 0.6 is 15.9 Å². The molecule has 9 heteroatoms. The van der Waals surface area contributed by atoms with Gasteiger partial charge in [-0.2, -0.15) is 0 Å². The Hall–Kier alpha value is -1.84. The molecule has 0 fully saturated rings. The Balaban J connectivity index is 2.38. The van der Waals surface area contributed by atoms with E-state index in [1.165, 1.54) is 50.3 Å². The minimum Gasteiger partial charge on any atom is -0.335 e. The molecular weight excluding hydrogens is 442 g/mol. The zero-order valence-corrected chi connectivity index (χ0v) is 17.6. The van der Waals surface area contributed by atoms with Crippen molar-refractivity contribution in [1.29, 1.82) is 0 Å². The van der Waals surface area contributed by atoms with E-state index in [2.05, 4.69) is 15.9 Å². The number of rotatable bonds is 5. The SMILES string of the molecule is CC(c1ccc(F)c(F)c1)N(C)C(=O)c1ccc(Br)c(S(=O)(=O)N(C)C)c1. The number of amides is 1. The van der Waals surface area contributed by atoms with Crippen LogP contribution in [0.3, 0.4) is 0 Å². The van der Waals surface area contributed by atoms with Gasteiger partial charge in [0.15, 0.2) is 11.6 Å². The van der Waals surface area contributed by atoms with E-state index >= 15 is 0 Å². The first-order chi connectivity index (χ1) is 12.5. The molecule has 0 bridgehead atoms. The van der Waals surface area contributed by atoms with E-state index in [1.807, 2.05) is 0 Å². The van der Waals surface area contributed by atoms with E-state index in [0.29, 0.717) is 10.0 Å². The lowest BCUT2D eigenvalue weighted by Crippen LogP contribution is -2.30. The lowest BCUT2D eigenvalue weighted by Gasteiger charge is -2.26. The molecule has 0 saturated heterocycles. The van der Waals surface area contributed by atoms with Crippen LogP contribution in [-0.4, -0.2) is 44.7 Å². The van der Waals surface area contributed by atoms with Crippen molar-refractivity contribution in [3.8, 4) is 0 Å². The maximum absolute atomic E-state index is 13.5. The molecule has 1 atom stereocenters. The Morgan fingerprint density at radius 3 is 2.22 bits per heavy atom. The van der Waals surface area contributed by atoms with E-state index in [0.717, 1.165) is 16.4 Å². The summed E-state index contributed by atoms with van der Waals surface area (Å²) in [4.78, 5) is 14.1. The highest BCUT2D eigenvalue weighted by Crippen LogP contribution is 2.27. The van der Waals surface area contributed by atoms with Gasteiger partial charge in [-0.05, 0) is 58.7 Å². The highest BCUT2D eigenvalue weighted by molar-refractivity contribution is 9.10. The molecule has 2 rings (SSSR count). The van der Waals surface area contributed by atoms with Crippen LogP contribution in [0.2, 0.25) is 0 Å². The summed E-state index contributed by atoms with van der Waals surface area (Å²) < 4.78 is 52.8. The van der Waals surface area contributed by atoms with E-state index in [-0.39, 0.29) is 10.5 Å². The second-order valence-corrected chi connectivity index (χ2v) is 9.17. The maximum atomic E-state index is 13.5. The number of hydrogen-bond donors (Lipinski definition) is 0. The standard InChI is InChI=1S/C18H19BrF2N2O3S/c1-11(12-6-8-15(20)16(21)9-12)23(4)18(24)13-5-7-14(19)17(10-13)27(25,26)22(2)3/h5-11H,1-4H3. The quantitative estimate of drug-likeness (QED) is 0.681. The smallest absolute Gasteiger partial charge is 0.254 e. The van der Waals surface area contributed by atoms with Gasteiger partial charge in [-0.3, -0.25) is 4.79 Å². The fourth-order valence-electron chi connectivity index (χ4n) is 2.41. The van der Waals surface area contributed by atoms with E-state index in [1.54, 1.807) is 6.92 Å². The van der Waals surface area contributed by atoms with Crippen LogP contribution in [0.15, 0.2) is 45.8 Å². The number of sulfonamides is 1. The molecule has 27 heavy (non-hydrogen) atoms. The third-order valence-corrected chi connectivity index (χ3v) is 7.07. The summed E-state index contributed by atoms with van der Waals surface area (Å²) in [5.74, 6) is -2.41. The average molecular weight is 461 g/mol. The van der Waals surface area contributed by atoms with Crippen molar-refractivity contribution in [2.75, 3.05) is 21.1 Å². The summed E-state index contributed by atoms with van der Waals surface area (Å²) in [6.45, 7) is 1.67. The van der Waals surface area contributed by atoms with Crippen LogP contribution in [0.25, 0.3) is 0 Å². The third-order valence-electron chi connectivity index (χ3n) is 4.26. The van der Waals surface area contributed by atoms with Crippen LogP contribution in [0.1, 0.15) is 28.9 Å². The van der Waals surface area contributed by atoms with Crippen LogP contribution < -0.4 is 0 Å². The Morgan fingerprint density at radius 2 is 1.67 bits per heavy atom. The van der Waals surface area contributed by atoms with Crippen molar-refractivity contribution >= 4 is 31.9 Å². The zero-order chi connectivity index (χ0) is 20.5. The number of carbonyl (C=O) groups excluding carboxylic acids is 1. The number of hydrogen-bond acceptors (Lipinski definition) is 3. The van der Waals surface area contributed by atoms with Gasteiger partial charge in [0, 0.05) is 31.2 Å². The molecule has 0 spiro atoms. The molecule has 146 valence electrons. The summed E-state index contributed by atoms with van der Waals surface area (Å²) in [6, 6.07) is 7.15. The summed E-state index contributed by atoms with van der Waals surface area (Å²) in [5, 5.41) is 0. The van der Waals surface area contributed by atoms with Gasteiger partial charge in [0.25, 0.3) is 5.91 Å². The van der Waals surface area contributed by atoms with Gasteiger partial charge in [0.2, 0.25) is 10.0 Å². The fraction of sp³-hybridized carbons (Fsp3) is 0.278. The summed E-state index contributed by atoms with van der Waals surface area (Å²) in [7, 11) is 0.555. The van der Waals surface area contributed by atoms with Gasteiger partial charge in [0.1, 0.15) is 0 Å². The van der Waals surface area contributed by atoms with Crippen molar-refractivity contribution in [3.05, 3.63) is 63.6 Å². The second-order valence-electron chi connectivity index (χ2n) is 6.20. The van der Waals surface area contributed by atoms with Crippen molar-refractivity contribution in [3.63, 3.8) is 0 Å². The molecule has 0 aromatic heterocycles. The predicted molar refractivity (Wildman–Crippen MR) is 102 cm³/mol. The Morgan fingerprint density at radius 1 is 1.04 bits per heavy atom. The Kier molecular flexibility index (Phi) is 6.39. The highest BCUT2D eigenvalue weighted by Gasteiger charge is 2.25. The second kappa shape index (κ2) is 8.04. The molecule has 0 N–H and O–H groups in total. The lowest BCUT2D eigenvalue weighted by atomic mass is 10.1. The van der Waals surface area contributed by atoms with Gasteiger partial charge in [0.05, 0.1) is 10.9 Å². The minimum atomic E-state index is -3.75. The number of halogens is 3. The molecular formula is C18H19BrF2N2O3S. The van der Waals surface area contributed by atoms with E-state index < -0.39 is 33.6 Å². The fourth-order valence-corrected chi connectivity index (χ4v) is 4.25. The van der Waals surface area contributed by atoms with Gasteiger partial charge >= 0.3 is 0 Å². The van der Waals surface area contributed by atoms with Gasteiger partial charge in [-0.1, -0.05) is 6.07 Å². The molecule has 1 amide bonds. The molecule has 0 aliphatic rings. The van der Waals surface area contributed by atoms with Crippen molar-refractivity contribution in [2.24, 2.45) is 0 Å². The first-order valence-corrected chi connectivity index (χ1v) is 10.1. The monoisotopic (exact) mass is 460 g/mol. The largest absolute Gasteiger partial charge is 0.335 e. The molecule has 1 unspecified atom stereocenters. The van der Waals surface area contributed by atoms with Crippen molar-refractivity contribution < 1.29 is 22.0 Å². The lowest BCUT2D eigenvalue weighted by molar-refractivity contribution is 0.0742. The van der Waals surface area contributed by atoms with Gasteiger partial charge in [-0.25, -0.2) is 21.5 Å². The molecule has 0 aliphatic carbocycles. The van der Waals surface area contributed by atoms with Gasteiger partial charge < -0.3 is 4.90 Å².